The first-order valence-corrected chi connectivity index (χ1v) is 9.56. The van der Waals surface area contributed by atoms with Crippen LogP contribution in [0.2, 0.25) is 0 Å². The van der Waals surface area contributed by atoms with Crippen LogP contribution >= 0.6 is 0 Å². The van der Waals surface area contributed by atoms with Gasteiger partial charge in [0.2, 0.25) is 0 Å². The Bertz CT molecular complexity index is 856. The number of aromatic nitrogens is 4. The number of hydrogen-bond acceptors (Lipinski definition) is 3. The number of aryl methyl sites for hydroxylation is 1. The van der Waals surface area contributed by atoms with E-state index < -0.39 is 0 Å². The summed E-state index contributed by atoms with van der Waals surface area (Å²) in [6.07, 6.45) is 7.40. The quantitative estimate of drug-likeness (QED) is 0.652. The molecule has 0 aliphatic rings. The summed E-state index contributed by atoms with van der Waals surface area (Å²) in [6.45, 7) is 6.00. The molecule has 7 heteroatoms. The predicted molar refractivity (Wildman–Crippen MR) is 108 cm³/mol. The summed E-state index contributed by atoms with van der Waals surface area (Å²) < 4.78 is 3.59. The summed E-state index contributed by atoms with van der Waals surface area (Å²) in [6, 6.07) is 11.6. The number of carbonyl (C=O) groups excluding carboxylic acids is 1. The third-order valence-electron chi connectivity index (χ3n) is 4.43. The summed E-state index contributed by atoms with van der Waals surface area (Å²) in [5.41, 5.74) is 2.07. The first kappa shape index (κ1) is 19.7. The van der Waals surface area contributed by atoms with Crippen molar-refractivity contribution in [1.82, 2.24) is 29.8 Å². The highest BCUT2D eigenvalue weighted by Crippen LogP contribution is 2.16. The van der Waals surface area contributed by atoms with Gasteiger partial charge in [0, 0.05) is 37.7 Å². The van der Waals surface area contributed by atoms with Crippen LogP contribution in [-0.4, -0.2) is 37.0 Å². The lowest BCUT2D eigenvalue weighted by atomic mass is 10.1. The van der Waals surface area contributed by atoms with E-state index in [0.29, 0.717) is 25.6 Å². The second kappa shape index (κ2) is 9.21. The SMILES string of the molecule is CC(C)CN(Cc1cnn(C)c1)C(=O)NC(Cn1cccn1)c1ccccc1. The van der Waals surface area contributed by atoms with Gasteiger partial charge in [0.05, 0.1) is 25.3 Å². The molecule has 3 rings (SSSR count). The fourth-order valence-electron chi connectivity index (χ4n) is 3.19. The van der Waals surface area contributed by atoms with Crippen molar-refractivity contribution in [3.8, 4) is 0 Å². The van der Waals surface area contributed by atoms with Crippen LogP contribution in [0.3, 0.4) is 0 Å². The normalized spacial score (nSPS) is 12.1. The number of rotatable bonds is 8. The molecule has 3 aromatic rings. The van der Waals surface area contributed by atoms with Crippen LogP contribution in [-0.2, 0) is 20.1 Å². The van der Waals surface area contributed by atoms with Crippen molar-refractivity contribution in [2.45, 2.75) is 33.0 Å². The Morgan fingerprint density at radius 3 is 2.57 bits per heavy atom. The molecule has 0 fully saturated rings. The molecule has 7 nitrogen and oxygen atoms in total. The van der Waals surface area contributed by atoms with Crippen molar-refractivity contribution in [2.75, 3.05) is 6.54 Å². The number of urea groups is 1. The van der Waals surface area contributed by atoms with Crippen LogP contribution in [0.5, 0.6) is 0 Å². The smallest absolute Gasteiger partial charge is 0.318 e. The molecule has 1 aromatic carbocycles. The highest BCUT2D eigenvalue weighted by atomic mass is 16.2. The molecule has 0 saturated heterocycles. The van der Waals surface area contributed by atoms with Crippen LogP contribution in [0.4, 0.5) is 4.79 Å². The van der Waals surface area contributed by atoms with Gasteiger partial charge in [0.15, 0.2) is 0 Å². The Hall–Kier alpha value is -3.09. The largest absolute Gasteiger partial charge is 0.329 e. The maximum atomic E-state index is 13.2. The van der Waals surface area contributed by atoms with Gasteiger partial charge in [-0.05, 0) is 17.5 Å². The first-order chi connectivity index (χ1) is 13.5. The molecule has 0 aliphatic heterocycles. The fraction of sp³-hybridized carbons (Fsp3) is 0.381. The zero-order chi connectivity index (χ0) is 19.9. The van der Waals surface area contributed by atoms with E-state index in [9.17, 15) is 4.79 Å². The van der Waals surface area contributed by atoms with E-state index in [2.05, 4.69) is 29.4 Å². The number of nitrogens with one attached hydrogen (secondary N) is 1. The van der Waals surface area contributed by atoms with Gasteiger partial charge in [-0.2, -0.15) is 10.2 Å². The maximum absolute atomic E-state index is 13.2. The van der Waals surface area contributed by atoms with E-state index in [4.69, 9.17) is 0 Å². The Kier molecular flexibility index (Phi) is 6.47. The Balaban J connectivity index is 1.76. The van der Waals surface area contributed by atoms with Gasteiger partial charge in [-0.1, -0.05) is 44.2 Å². The maximum Gasteiger partial charge on any atom is 0.318 e. The lowest BCUT2D eigenvalue weighted by Crippen LogP contribution is -2.43. The molecule has 0 bridgehead atoms. The van der Waals surface area contributed by atoms with Crippen LogP contribution in [0, 0.1) is 5.92 Å². The molecule has 2 heterocycles. The second-order valence-electron chi connectivity index (χ2n) is 7.44. The Labute approximate surface area is 166 Å². The Morgan fingerprint density at radius 2 is 1.96 bits per heavy atom. The van der Waals surface area contributed by atoms with Crippen molar-refractivity contribution in [3.05, 3.63) is 72.3 Å². The van der Waals surface area contributed by atoms with Gasteiger partial charge in [-0.15, -0.1) is 0 Å². The summed E-state index contributed by atoms with van der Waals surface area (Å²) in [5, 5.41) is 11.7. The molecule has 0 saturated carbocycles. The molecule has 2 amide bonds. The van der Waals surface area contributed by atoms with E-state index in [-0.39, 0.29) is 12.1 Å². The average Bonchev–Trinajstić information content (AvgIpc) is 3.32. The predicted octanol–water partition coefficient (Wildman–Crippen LogP) is 3.23. The Morgan fingerprint density at radius 1 is 1.18 bits per heavy atom. The van der Waals surface area contributed by atoms with Crippen molar-refractivity contribution < 1.29 is 4.79 Å². The highest BCUT2D eigenvalue weighted by Gasteiger charge is 2.21. The van der Waals surface area contributed by atoms with Gasteiger partial charge >= 0.3 is 6.03 Å². The molecule has 28 heavy (non-hydrogen) atoms. The molecule has 0 spiro atoms. The molecule has 0 aliphatic carbocycles. The third kappa shape index (κ3) is 5.45. The standard InChI is InChI=1S/C21H28N6O/c1-17(2)13-26(15-18-12-23-25(3)14-18)21(28)24-20(16-27-11-7-10-22-27)19-8-5-4-6-9-19/h4-12,14,17,20H,13,15-16H2,1-3H3,(H,24,28). The van der Waals surface area contributed by atoms with Crippen molar-refractivity contribution in [3.63, 3.8) is 0 Å². The number of hydrogen-bond donors (Lipinski definition) is 1. The van der Waals surface area contributed by atoms with Gasteiger partial charge in [-0.3, -0.25) is 9.36 Å². The minimum Gasteiger partial charge on any atom is -0.329 e. The molecule has 0 radical (unpaired) electrons. The summed E-state index contributed by atoms with van der Waals surface area (Å²) >= 11 is 0. The highest BCUT2D eigenvalue weighted by molar-refractivity contribution is 5.74. The topological polar surface area (TPSA) is 68.0 Å². The van der Waals surface area contributed by atoms with Crippen LogP contribution in [0.25, 0.3) is 0 Å². The minimum atomic E-state index is -0.169. The third-order valence-corrected chi connectivity index (χ3v) is 4.43. The molecular weight excluding hydrogens is 352 g/mol. The van der Waals surface area contributed by atoms with E-state index in [1.807, 2.05) is 65.4 Å². The molecule has 1 atom stereocenters. The monoisotopic (exact) mass is 380 g/mol. The van der Waals surface area contributed by atoms with Gasteiger partial charge in [-0.25, -0.2) is 4.79 Å². The van der Waals surface area contributed by atoms with Crippen molar-refractivity contribution >= 4 is 6.03 Å². The van der Waals surface area contributed by atoms with Gasteiger partial charge in [0.1, 0.15) is 0 Å². The van der Waals surface area contributed by atoms with Crippen molar-refractivity contribution in [2.24, 2.45) is 13.0 Å². The molecule has 1 unspecified atom stereocenters. The van der Waals surface area contributed by atoms with Crippen LogP contribution < -0.4 is 5.32 Å². The molecule has 148 valence electrons. The molecule has 2 aromatic heterocycles. The van der Waals surface area contributed by atoms with Crippen molar-refractivity contribution in [1.29, 1.82) is 0 Å². The fourth-order valence-corrected chi connectivity index (χ4v) is 3.19. The zero-order valence-corrected chi connectivity index (χ0v) is 16.7. The van der Waals surface area contributed by atoms with E-state index in [1.54, 1.807) is 17.1 Å². The van der Waals surface area contributed by atoms with E-state index >= 15 is 0 Å². The second-order valence-corrected chi connectivity index (χ2v) is 7.44. The first-order valence-electron chi connectivity index (χ1n) is 9.56. The lowest BCUT2D eigenvalue weighted by Gasteiger charge is -2.28. The zero-order valence-electron chi connectivity index (χ0n) is 16.7. The van der Waals surface area contributed by atoms with E-state index in [0.717, 1.165) is 11.1 Å². The number of carbonyl (C=O) groups is 1. The molecule has 1 N–H and O–H groups in total. The van der Waals surface area contributed by atoms with E-state index in [1.165, 1.54) is 0 Å². The summed E-state index contributed by atoms with van der Waals surface area (Å²) in [7, 11) is 1.88. The van der Waals surface area contributed by atoms with Gasteiger partial charge in [0.25, 0.3) is 0 Å². The van der Waals surface area contributed by atoms with Crippen LogP contribution in [0.1, 0.15) is 31.0 Å². The summed E-state index contributed by atoms with van der Waals surface area (Å²) in [5.74, 6) is 0.365. The van der Waals surface area contributed by atoms with Gasteiger partial charge < -0.3 is 10.2 Å². The van der Waals surface area contributed by atoms with Crippen LogP contribution in [0.15, 0.2) is 61.2 Å². The number of benzene rings is 1. The number of amides is 2. The summed E-state index contributed by atoms with van der Waals surface area (Å²) in [4.78, 5) is 15.0. The number of nitrogens with zero attached hydrogens (tertiary/aromatic N) is 5. The minimum absolute atomic E-state index is 0.0847. The lowest BCUT2D eigenvalue weighted by molar-refractivity contribution is 0.182. The average molecular weight is 380 g/mol. The molecular formula is C21H28N6O.